The highest BCUT2D eigenvalue weighted by Crippen LogP contribution is 2.45. The molecule has 0 N–H and O–H groups in total. The lowest BCUT2D eigenvalue weighted by molar-refractivity contribution is -0.137. The third kappa shape index (κ3) is 7.14. The molecule has 38 heavy (non-hydrogen) atoms. The number of piperidine rings is 1. The largest absolute Gasteiger partial charge is 0.490 e. The summed E-state index contributed by atoms with van der Waals surface area (Å²) in [4.78, 5) is 18.2. The van der Waals surface area contributed by atoms with E-state index in [2.05, 4.69) is 4.98 Å². The lowest BCUT2D eigenvalue weighted by Crippen LogP contribution is -2.44. The Bertz CT molecular complexity index is 1190. The van der Waals surface area contributed by atoms with Crippen molar-refractivity contribution in [3.05, 3.63) is 57.6 Å². The smallest absolute Gasteiger partial charge is 0.417 e. The van der Waals surface area contributed by atoms with Crippen LogP contribution in [-0.2, 0) is 17.5 Å². The molecular formula is C27H30ClF5N2O3. The van der Waals surface area contributed by atoms with Crippen LogP contribution in [0.25, 0.3) is 0 Å². The number of nitrogens with zero attached hydrogens (tertiary/aromatic N) is 2. The Morgan fingerprint density at radius 2 is 1.82 bits per heavy atom. The molecule has 208 valence electrons. The molecule has 1 aliphatic heterocycles. The Kier molecular flexibility index (Phi) is 7.96. The maximum atomic E-state index is 15.6. The molecule has 0 radical (unpaired) electrons. The fourth-order valence-electron chi connectivity index (χ4n) is 4.31. The summed E-state index contributed by atoms with van der Waals surface area (Å²) >= 11 is 6.01. The minimum atomic E-state index is -4.54. The van der Waals surface area contributed by atoms with E-state index < -0.39 is 34.8 Å². The van der Waals surface area contributed by atoms with Gasteiger partial charge in [-0.05, 0) is 70.1 Å². The molecule has 1 saturated carbocycles. The van der Waals surface area contributed by atoms with E-state index in [1.165, 1.54) is 6.07 Å². The van der Waals surface area contributed by atoms with Crippen molar-refractivity contribution >= 4 is 17.6 Å². The fourth-order valence-corrected chi connectivity index (χ4v) is 4.54. The Morgan fingerprint density at radius 3 is 2.37 bits per heavy atom. The number of aromatic nitrogens is 1. The van der Waals surface area contributed by atoms with Crippen molar-refractivity contribution in [1.82, 2.24) is 9.88 Å². The van der Waals surface area contributed by atoms with Crippen LogP contribution in [0.5, 0.6) is 5.75 Å². The maximum Gasteiger partial charge on any atom is 0.417 e. The minimum Gasteiger partial charge on any atom is -0.490 e. The standard InChI is InChI=1S/C27H30ClF5N2O3/c1-25(2,3)38-24(36)19-11-18(16-4-5-16)23(12-21(19)29)37-15-26(30)6-8-35(9-7-26)14-22-20(28)10-17(13-34-22)27(31,32)33/h10-13,16H,4-9,14-15H2,1-3H3. The predicted molar refractivity (Wildman–Crippen MR) is 132 cm³/mol. The number of rotatable bonds is 7. The topological polar surface area (TPSA) is 51.7 Å². The van der Waals surface area contributed by atoms with Gasteiger partial charge in [-0.25, -0.2) is 13.6 Å². The summed E-state index contributed by atoms with van der Waals surface area (Å²) in [6.45, 7) is 5.64. The van der Waals surface area contributed by atoms with Crippen LogP contribution in [-0.4, -0.2) is 46.8 Å². The van der Waals surface area contributed by atoms with Gasteiger partial charge in [0.15, 0.2) is 0 Å². The van der Waals surface area contributed by atoms with Crippen LogP contribution in [0.1, 0.15) is 79.6 Å². The van der Waals surface area contributed by atoms with Crippen molar-refractivity contribution in [2.75, 3.05) is 19.7 Å². The molecule has 0 bridgehead atoms. The zero-order valence-corrected chi connectivity index (χ0v) is 22.2. The quantitative estimate of drug-likeness (QED) is 0.267. The van der Waals surface area contributed by atoms with E-state index in [9.17, 15) is 22.4 Å². The molecule has 2 aliphatic rings. The van der Waals surface area contributed by atoms with E-state index in [1.54, 1.807) is 20.8 Å². The molecule has 2 aromatic rings. The van der Waals surface area contributed by atoms with Crippen molar-refractivity contribution in [1.29, 1.82) is 0 Å². The summed E-state index contributed by atoms with van der Waals surface area (Å²) in [7, 11) is 0. The number of pyridine rings is 1. The van der Waals surface area contributed by atoms with Crippen molar-refractivity contribution in [2.24, 2.45) is 0 Å². The number of carbonyl (C=O) groups excluding carboxylic acids is 1. The molecule has 4 rings (SSSR count). The summed E-state index contributed by atoms with van der Waals surface area (Å²) in [6, 6.07) is 3.42. The number of benzene rings is 1. The first-order valence-electron chi connectivity index (χ1n) is 12.5. The van der Waals surface area contributed by atoms with Crippen LogP contribution in [0.15, 0.2) is 24.4 Å². The van der Waals surface area contributed by atoms with Gasteiger partial charge in [-0.1, -0.05) is 11.6 Å². The van der Waals surface area contributed by atoms with Gasteiger partial charge >= 0.3 is 12.1 Å². The van der Waals surface area contributed by atoms with E-state index >= 15 is 4.39 Å². The number of ether oxygens (including phenoxy) is 2. The van der Waals surface area contributed by atoms with Gasteiger partial charge in [0.05, 0.1) is 21.8 Å². The van der Waals surface area contributed by atoms with Gasteiger partial charge in [-0.15, -0.1) is 0 Å². The minimum absolute atomic E-state index is 0.0929. The van der Waals surface area contributed by atoms with Gasteiger partial charge in [0.2, 0.25) is 0 Å². The Balaban J connectivity index is 1.37. The first-order chi connectivity index (χ1) is 17.6. The molecule has 0 atom stereocenters. The molecule has 1 saturated heterocycles. The van der Waals surface area contributed by atoms with Gasteiger partial charge in [-0.2, -0.15) is 13.2 Å². The molecule has 0 unspecified atom stereocenters. The molecule has 0 spiro atoms. The van der Waals surface area contributed by atoms with E-state index in [0.717, 1.165) is 31.2 Å². The molecular weight excluding hydrogens is 531 g/mol. The molecule has 2 fully saturated rings. The van der Waals surface area contributed by atoms with Crippen LogP contribution in [0.2, 0.25) is 5.02 Å². The van der Waals surface area contributed by atoms with Crippen LogP contribution < -0.4 is 4.74 Å². The Labute approximate surface area is 223 Å². The highest BCUT2D eigenvalue weighted by Gasteiger charge is 2.38. The zero-order valence-electron chi connectivity index (χ0n) is 21.4. The van der Waals surface area contributed by atoms with Gasteiger partial charge in [0.25, 0.3) is 0 Å². The molecule has 5 nitrogen and oxygen atoms in total. The second-order valence-electron chi connectivity index (χ2n) is 11.0. The number of halogens is 6. The van der Waals surface area contributed by atoms with Crippen LogP contribution in [0.4, 0.5) is 22.0 Å². The lowest BCUT2D eigenvalue weighted by atomic mass is 9.94. The van der Waals surface area contributed by atoms with Crippen LogP contribution in [0, 0.1) is 5.82 Å². The summed E-state index contributed by atoms with van der Waals surface area (Å²) in [5.41, 5.74) is -2.59. The number of alkyl halides is 4. The SMILES string of the molecule is CC(C)(C)OC(=O)c1cc(C2CC2)c(OCC2(F)CCN(Cc3ncc(C(F)(F)F)cc3Cl)CC2)cc1F. The first kappa shape index (κ1) is 28.5. The second-order valence-corrected chi connectivity index (χ2v) is 11.4. The molecule has 2 heterocycles. The normalized spacial score (nSPS) is 18.3. The number of carbonyl (C=O) groups is 1. The van der Waals surface area contributed by atoms with Gasteiger partial charge in [0, 0.05) is 31.9 Å². The average molecular weight is 561 g/mol. The molecule has 0 amide bonds. The summed E-state index contributed by atoms with van der Waals surface area (Å²) in [5, 5.41) is -0.0929. The number of hydrogen-bond acceptors (Lipinski definition) is 5. The third-order valence-electron chi connectivity index (χ3n) is 6.59. The molecule has 1 aromatic heterocycles. The average Bonchev–Trinajstić information content (AvgIpc) is 3.64. The van der Waals surface area contributed by atoms with E-state index in [1.807, 2.05) is 4.90 Å². The third-order valence-corrected chi connectivity index (χ3v) is 6.92. The van der Waals surface area contributed by atoms with Crippen LogP contribution >= 0.6 is 11.6 Å². The molecule has 1 aromatic carbocycles. The highest BCUT2D eigenvalue weighted by atomic mass is 35.5. The summed E-state index contributed by atoms with van der Waals surface area (Å²) in [6.07, 6.45) is -1.83. The number of esters is 1. The van der Waals surface area contributed by atoms with Gasteiger partial charge < -0.3 is 9.47 Å². The Hall–Kier alpha value is -2.46. The zero-order chi connectivity index (χ0) is 27.9. The van der Waals surface area contributed by atoms with Crippen molar-refractivity contribution < 1.29 is 36.2 Å². The van der Waals surface area contributed by atoms with Crippen molar-refractivity contribution in [3.63, 3.8) is 0 Å². The second kappa shape index (κ2) is 10.6. The number of hydrogen-bond donors (Lipinski definition) is 0. The summed E-state index contributed by atoms with van der Waals surface area (Å²) < 4.78 is 80.0. The Morgan fingerprint density at radius 1 is 1.16 bits per heavy atom. The van der Waals surface area contributed by atoms with Crippen LogP contribution in [0.3, 0.4) is 0 Å². The summed E-state index contributed by atoms with van der Waals surface area (Å²) in [5.74, 6) is -1.22. The van der Waals surface area contributed by atoms with E-state index in [0.29, 0.717) is 18.7 Å². The van der Waals surface area contributed by atoms with E-state index in [-0.39, 0.29) is 53.9 Å². The molecule has 11 heteroatoms. The van der Waals surface area contributed by atoms with Crippen molar-refractivity contribution in [2.45, 2.75) is 76.4 Å². The first-order valence-corrected chi connectivity index (χ1v) is 12.8. The fraction of sp³-hybridized carbons (Fsp3) is 0.556. The van der Waals surface area contributed by atoms with Crippen molar-refractivity contribution in [3.8, 4) is 5.75 Å². The molecule has 1 aliphatic carbocycles. The predicted octanol–water partition coefficient (Wildman–Crippen LogP) is 7.11. The number of likely N-dealkylation sites (tertiary alicyclic amines) is 1. The van der Waals surface area contributed by atoms with E-state index in [4.69, 9.17) is 21.1 Å². The van der Waals surface area contributed by atoms with Gasteiger partial charge in [-0.3, -0.25) is 9.88 Å². The van der Waals surface area contributed by atoms with Gasteiger partial charge in [0.1, 0.15) is 29.4 Å². The lowest BCUT2D eigenvalue weighted by Gasteiger charge is -2.36. The maximum absolute atomic E-state index is 15.6. The monoisotopic (exact) mass is 560 g/mol. The highest BCUT2D eigenvalue weighted by molar-refractivity contribution is 6.31.